The summed E-state index contributed by atoms with van der Waals surface area (Å²) in [5.41, 5.74) is 8.42. The number of hydrogen-bond acceptors (Lipinski definition) is 2. The zero-order valence-electron chi connectivity index (χ0n) is 10.8. The fraction of sp³-hybridized carbons (Fsp3) is 0.118. The van der Waals surface area contributed by atoms with Crippen molar-refractivity contribution in [2.24, 2.45) is 5.73 Å². The third-order valence-electron chi connectivity index (χ3n) is 2.92. The summed E-state index contributed by atoms with van der Waals surface area (Å²) in [5.74, 6) is -0.0360. The van der Waals surface area contributed by atoms with Gasteiger partial charge in [-0.05, 0) is 18.4 Å². The Bertz CT molecular complexity index is 558. The Morgan fingerprint density at radius 2 is 1.53 bits per heavy atom. The second-order valence-corrected chi connectivity index (χ2v) is 4.44. The van der Waals surface area contributed by atoms with Crippen LogP contribution < -0.4 is 5.73 Å². The van der Waals surface area contributed by atoms with Gasteiger partial charge in [0.2, 0.25) is 0 Å². The van der Waals surface area contributed by atoms with Crippen LogP contribution in [0.1, 0.15) is 22.3 Å². The zero-order chi connectivity index (χ0) is 13.5. The van der Waals surface area contributed by atoms with E-state index in [0.717, 1.165) is 6.42 Å². The van der Waals surface area contributed by atoms with Gasteiger partial charge in [0, 0.05) is 17.3 Å². The summed E-state index contributed by atoms with van der Waals surface area (Å²) in [6.07, 6.45) is 3.08. The first kappa shape index (κ1) is 13.1. The number of allylic oxidation sites excluding steroid dienone is 2. The van der Waals surface area contributed by atoms with Crippen LogP contribution in [0, 0.1) is 0 Å². The van der Waals surface area contributed by atoms with Crippen molar-refractivity contribution >= 4 is 5.78 Å². The summed E-state index contributed by atoms with van der Waals surface area (Å²) < 4.78 is 0. The Balaban J connectivity index is 1.94. The van der Waals surface area contributed by atoms with Gasteiger partial charge in [-0.15, -0.1) is 0 Å². The first-order valence-electron chi connectivity index (χ1n) is 6.35. The van der Waals surface area contributed by atoms with Crippen LogP contribution in [-0.4, -0.2) is 5.78 Å². The van der Waals surface area contributed by atoms with Gasteiger partial charge in [-0.25, -0.2) is 0 Å². The number of carbonyl (C=O) groups is 1. The normalized spacial score (nSPS) is 11.3. The smallest absolute Gasteiger partial charge is 0.187 e. The van der Waals surface area contributed by atoms with E-state index < -0.39 is 0 Å². The minimum Gasteiger partial charge on any atom is -0.402 e. The second-order valence-electron chi connectivity index (χ2n) is 4.44. The van der Waals surface area contributed by atoms with Gasteiger partial charge in [-0.1, -0.05) is 60.7 Å². The highest BCUT2D eigenvalue weighted by molar-refractivity contribution is 6.04. The molecule has 2 aromatic rings. The monoisotopic (exact) mass is 251 g/mol. The van der Waals surface area contributed by atoms with Crippen LogP contribution in [0.25, 0.3) is 0 Å². The van der Waals surface area contributed by atoms with Gasteiger partial charge in [0.15, 0.2) is 5.78 Å². The maximum Gasteiger partial charge on any atom is 0.187 e. The van der Waals surface area contributed by atoms with Crippen molar-refractivity contribution in [3.8, 4) is 0 Å². The molecule has 0 spiro atoms. The molecule has 2 rings (SSSR count). The Hall–Kier alpha value is -2.35. The van der Waals surface area contributed by atoms with E-state index in [2.05, 4.69) is 12.1 Å². The Morgan fingerprint density at radius 3 is 2.16 bits per heavy atom. The zero-order valence-corrected chi connectivity index (χ0v) is 10.8. The van der Waals surface area contributed by atoms with E-state index in [-0.39, 0.29) is 5.78 Å². The minimum absolute atomic E-state index is 0.0360. The molecular weight excluding hydrogens is 234 g/mol. The maximum atomic E-state index is 11.9. The highest BCUT2D eigenvalue weighted by atomic mass is 16.1. The van der Waals surface area contributed by atoms with Crippen LogP contribution in [-0.2, 0) is 6.42 Å². The first-order chi connectivity index (χ1) is 9.25. The maximum absolute atomic E-state index is 11.9. The molecule has 0 saturated heterocycles. The summed E-state index contributed by atoms with van der Waals surface area (Å²) in [6, 6.07) is 19.3. The van der Waals surface area contributed by atoms with Crippen molar-refractivity contribution in [3.05, 3.63) is 83.6 Å². The molecule has 2 nitrogen and oxygen atoms in total. The predicted molar refractivity (Wildman–Crippen MR) is 77.8 cm³/mol. The van der Waals surface area contributed by atoms with Crippen molar-refractivity contribution in [3.63, 3.8) is 0 Å². The molecule has 0 radical (unpaired) electrons. The fourth-order valence-corrected chi connectivity index (χ4v) is 1.86. The topological polar surface area (TPSA) is 43.1 Å². The van der Waals surface area contributed by atoms with Gasteiger partial charge in [-0.2, -0.15) is 0 Å². The summed E-state index contributed by atoms with van der Waals surface area (Å²) >= 11 is 0. The molecule has 0 bridgehead atoms. The quantitative estimate of drug-likeness (QED) is 0.654. The van der Waals surface area contributed by atoms with Crippen LogP contribution in [0.3, 0.4) is 0 Å². The highest BCUT2D eigenvalue weighted by Gasteiger charge is 2.02. The molecule has 96 valence electrons. The molecule has 0 unspecified atom stereocenters. The Morgan fingerprint density at radius 1 is 0.947 bits per heavy atom. The van der Waals surface area contributed by atoms with Gasteiger partial charge in [-0.3, -0.25) is 4.79 Å². The molecule has 0 amide bonds. The number of ketones is 1. The lowest BCUT2D eigenvalue weighted by Gasteiger charge is -2.02. The molecule has 0 saturated carbocycles. The van der Waals surface area contributed by atoms with Crippen LogP contribution in [0.15, 0.2) is 72.4 Å². The van der Waals surface area contributed by atoms with Gasteiger partial charge in [0.05, 0.1) is 0 Å². The van der Waals surface area contributed by atoms with E-state index in [1.807, 2.05) is 36.4 Å². The SMILES string of the molecule is N/C(=C\C(=O)c1ccccc1)CCc1ccccc1. The molecular formula is C17H17NO. The van der Waals surface area contributed by atoms with Crippen LogP contribution in [0.4, 0.5) is 0 Å². The lowest BCUT2D eigenvalue weighted by molar-refractivity contribution is 0.104. The van der Waals surface area contributed by atoms with Crippen LogP contribution in [0.5, 0.6) is 0 Å². The van der Waals surface area contributed by atoms with Gasteiger partial charge < -0.3 is 5.73 Å². The molecule has 0 aliphatic rings. The van der Waals surface area contributed by atoms with Crippen LogP contribution in [0.2, 0.25) is 0 Å². The molecule has 0 fully saturated rings. The number of carbonyl (C=O) groups excluding carboxylic acids is 1. The van der Waals surface area contributed by atoms with Gasteiger partial charge >= 0.3 is 0 Å². The number of aryl methyl sites for hydroxylation is 1. The first-order valence-corrected chi connectivity index (χ1v) is 6.35. The average molecular weight is 251 g/mol. The summed E-state index contributed by atoms with van der Waals surface area (Å²) in [5, 5.41) is 0. The average Bonchev–Trinajstić information content (AvgIpc) is 2.47. The van der Waals surface area contributed by atoms with E-state index in [9.17, 15) is 4.79 Å². The van der Waals surface area contributed by atoms with E-state index in [0.29, 0.717) is 17.7 Å². The van der Waals surface area contributed by atoms with Crippen molar-refractivity contribution in [1.82, 2.24) is 0 Å². The third-order valence-corrected chi connectivity index (χ3v) is 2.92. The van der Waals surface area contributed by atoms with Gasteiger partial charge in [0.25, 0.3) is 0 Å². The molecule has 0 aliphatic carbocycles. The molecule has 19 heavy (non-hydrogen) atoms. The number of benzene rings is 2. The van der Waals surface area contributed by atoms with E-state index in [1.54, 1.807) is 12.1 Å². The van der Waals surface area contributed by atoms with E-state index >= 15 is 0 Å². The molecule has 0 heterocycles. The Labute approximate surface area is 113 Å². The number of hydrogen-bond donors (Lipinski definition) is 1. The predicted octanol–water partition coefficient (Wildman–Crippen LogP) is 3.34. The number of nitrogens with two attached hydrogens (primary N) is 1. The lowest BCUT2D eigenvalue weighted by Crippen LogP contribution is -2.04. The molecule has 0 aromatic heterocycles. The Kier molecular flexibility index (Phi) is 4.51. The van der Waals surface area contributed by atoms with Crippen molar-refractivity contribution < 1.29 is 4.79 Å². The van der Waals surface area contributed by atoms with Crippen molar-refractivity contribution in [2.75, 3.05) is 0 Å². The molecule has 2 N–H and O–H groups in total. The lowest BCUT2D eigenvalue weighted by atomic mass is 10.1. The van der Waals surface area contributed by atoms with E-state index in [4.69, 9.17) is 5.73 Å². The van der Waals surface area contributed by atoms with Crippen LogP contribution >= 0.6 is 0 Å². The molecule has 0 aliphatic heterocycles. The standard InChI is InChI=1S/C17H17NO/c18-16(12-11-14-7-3-1-4-8-14)13-17(19)15-9-5-2-6-10-15/h1-10,13H,11-12,18H2/b16-13-. The largest absolute Gasteiger partial charge is 0.402 e. The summed E-state index contributed by atoms with van der Waals surface area (Å²) in [4.78, 5) is 11.9. The summed E-state index contributed by atoms with van der Waals surface area (Å²) in [6.45, 7) is 0. The van der Waals surface area contributed by atoms with Crippen molar-refractivity contribution in [1.29, 1.82) is 0 Å². The van der Waals surface area contributed by atoms with Gasteiger partial charge in [0.1, 0.15) is 0 Å². The molecule has 2 aromatic carbocycles. The summed E-state index contributed by atoms with van der Waals surface area (Å²) in [7, 11) is 0. The number of rotatable bonds is 5. The molecule has 0 atom stereocenters. The fourth-order valence-electron chi connectivity index (χ4n) is 1.86. The minimum atomic E-state index is -0.0360. The van der Waals surface area contributed by atoms with E-state index in [1.165, 1.54) is 11.6 Å². The third kappa shape index (κ3) is 4.11. The second kappa shape index (κ2) is 6.55. The van der Waals surface area contributed by atoms with Crippen molar-refractivity contribution in [2.45, 2.75) is 12.8 Å². The molecule has 2 heteroatoms. The highest BCUT2D eigenvalue weighted by Crippen LogP contribution is 2.07.